The van der Waals surface area contributed by atoms with Crippen LogP contribution in [-0.4, -0.2) is 20.8 Å². The van der Waals surface area contributed by atoms with Gasteiger partial charge in [0.1, 0.15) is 5.75 Å². The molecule has 1 fully saturated rings. The van der Waals surface area contributed by atoms with Gasteiger partial charge in [-0.2, -0.15) is 0 Å². The minimum Gasteiger partial charge on any atom is -0.493 e. The number of sulfonamides is 1. The fourth-order valence-electron chi connectivity index (χ4n) is 2.56. The van der Waals surface area contributed by atoms with Gasteiger partial charge in [0.25, 0.3) is 0 Å². The van der Waals surface area contributed by atoms with E-state index in [9.17, 15) is 8.42 Å². The number of rotatable bonds is 9. The molecule has 2 rings (SSSR count). The Labute approximate surface area is 147 Å². The average molecular weight is 354 g/mol. The summed E-state index contributed by atoms with van der Waals surface area (Å²) in [5.41, 5.74) is 1.09. The van der Waals surface area contributed by atoms with E-state index in [1.54, 1.807) is 0 Å². The van der Waals surface area contributed by atoms with Crippen molar-refractivity contribution in [2.24, 2.45) is 11.3 Å². The molecule has 1 saturated carbocycles. The minimum atomic E-state index is -3.27. The number of ether oxygens (including phenoxy) is 1. The highest BCUT2D eigenvalue weighted by molar-refractivity contribution is 7.89. The summed E-state index contributed by atoms with van der Waals surface area (Å²) >= 11 is 0. The molecule has 1 aliphatic rings. The molecule has 5 heteroatoms. The molecule has 1 N–H and O–H groups in total. The molecule has 0 unspecified atom stereocenters. The zero-order valence-corrected chi connectivity index (χ0v) is 16.2. The molecule has 136 valence electrons. The van der Waals surface area contributed by atoms with Crippen LogP contribution in [0.1, 0.15) is 65.0 Å². The summed E-state index contributed by atoms with van der Waals surface area (Å²) < 4.78 is 33.1. The zero-order valence-electron chi connectivity index (χ0n) is 15.3. The van der Waals surface area contributed by atoms with Gasteiger partial charge in [-0.3, -0.25) is 0 Å². The lowest BCUT2D eigenvalue weighted by Gasteiger charge is -2.19. The maximum Gasteiger partial charge on any atom is 0.212 e. The molecule has 0 amide bonds. The lowest BCUT2D eigenvalue weighted by Crippen LogP contribution is -2.29. The van der Waals surface area contributed by atoms with Gasteiger partial charge in [-0.15, -0.1) is 0 Å². The highest BCUT2D eigenvalue weighted by Gasteiger charge is 2.22. The van der Waals surface area contributed by atoms with E-state index in [-0.39, 0.29) is 17.2 Å². The Morgan fingerprint density at radius 2 is 2.00 bits per heavy atom. The fraction of sp³-hybridized carbons (Fsp3) is 0.684. The molecule has 0 aromatic heterocycles. The first-order valence-corrected chi connectivity index (χ1v) is 10.5. The summed E-state index contributed by atoms with van der Waals surface area (Å²) in [6.07, 6.45) is 4.08. The third-order valence-electron chi connectivity index (χ3n) is 4.24. The van der Waals surface area contributed by atoms with Crippen LogP contribution in [0.4, 0.5) is 0 Å². The second-order valence-corrected chi connectivity index (χ2v) is 10.0. The van der Waals surface area contributed by atoms with Gasteiger partial charge in [-0.1, -0.05) is 32.9 Å². The van der Waals surface area contributed by atoms with Gasteiger partial charge in [0.15, 0.2) is 0 Å². The van der Waals surface area contributed by atoms with Crippen molar-refractivity contribution < 1.29 is 13.2 Å². The zero-order chi connectivity index (χ0) is 17.8. The average Bonchev–Trinajstić information content (AvgIpc) is 3.27. The van der Waals surface area contributed by atoms with Gasteiger partial charge in [0.05, 0.1) is 12.4 Å². The lowest BCUT2D eigenvalue weighted by molar-refractivity contribution is 0.299. The minimum absolute atomic E-state index is 0.161. The first-order chi connectivity index (χ1) is 11.1. The summed E-state index contributed by atoms with van der Waals surface area (Å²) in [5, 5.41) is 0. The summed E-state index contributed by atoms with van der Waals surface area (Å²) in [5.74, 6) is 1.69. The van der Waals surface area contributed by atoms with Crippen molar-refractivity contribution in [2.45, 2.75) is 59.4 Å². The second-order valence-electron chi connectivity index (χ2n) is 8.15. The molecule has 0 aliphatic heterocycles. The first kappa shape index (κ1) is 19.3. The van der Waals surface area contributed by atoms with Gasteiger partial charge < -0.3 is 4.74 Å². The second kappa shape index (κ2) is 7.87. The van der Waals surface area contributed by atoms with Gasteiger partial charge in [0, 0.05) is 6.04 Å². The van der Waals surface area contributed by atoms with Crippen LogP contribution in [0.5, 0.6) is 5.75 Å². The molecule has 0 saturated heterocycles. The molecule has 0 bridgehead atoms. The highest BCUT2D eigenvalue weighted by Crippen LogP contribution is 2.30. The van der Waals surface area contributed by atoms with Crippen LogP contribution >= 0.6 is 0 Å². The molecule has 24 heavy (non-hydrogen) atoms. The topological polar surface area (TPSA) is 55.4 Å². The van der Waals surface area contributed by atoms with E-state index in [0.29, 0.717) is 12.3 Å². The van der Waals surface area contributed by atoms with Crippen LogP contribution in [0.15, 0.2) is 24.3 Å². The van der Waals surface area contributed by atoms with Gasteiger partial charge in [-0.25, -0.2) is 13.1 Å². The van der Waals surface area contributed by atoms with E-state index in [2.05, 4.69) is 25.5 Å². The van der Waals surface area contributed by atoms with E-state index in [1.165, 1.54) is 12.8 Å². The molecule has 1 aliphatic carbocycles. The number of hydrogen-bond donors (Lipinski definition) is 1. The van der Waals surface area contributed by atoms with Crippen LogP contribution in [0.2, 0.25) is 0 Å². The van der Waals surface area contributed by atoms with Crippen molar-refractivity contribution in [3.05, 3.63) is 29.8 Å². The van der Waals surface area contributed by atoms with Crippen molar-refractivity contribution in [1.82, 2.24) is 4.72 Å². The van der Waals surface area contributed by atoms with E-state index in [4.69, 9.17) is 4.74 Å². The van der Waals surface area contributed by atoms with Crippen molar-refractivity contribution in [1.29, 1.82) is 0 Å². The highest BCUT2D eigenvalue weighted by atomic mass is 32.2. The maximum atomic E-state index is 12.3. The van der Waals surface area contributed by atoms with E-state index < -0.39 is 10.0 Å². The Balaban J connectivity index is 1.87. The van der Waals surface area contributed by atoms with Crippen molar-refractivity contribution in [2.75, 3.05) is 12.4 Å². The van der Waals surface area contributed by atoms with Crippen LogP contribution in [-0.2, 0) is 10.0 Å². The Bertz CT molecular complexity index is 630. The Kier molecular flexibility index (Phi) is 6.32. The van der Waals surface area contributed by atoms with Crippen LogP contribution in [0.3, 0.4) is 0 Å². The smallest absolute Gasteiger partial charge is 0.212 e. The SMILES string of the molecule is C[C@@H](NS(=O)(=O)CCCC(C)(C)C)c1cccc(OCC2CC2)c1. The van der Waals surface area contributed by atoms with Crippen molar-refractivity contribution in [3.8, 4) is 5.75 Å². The van der Waals surface area contributed by atoms with Crippen molar-refractivity contribution in [3.63, 3.8) is 0 Å². The predicted octanol–water partition coefficient (Wildman–Crippen LogP) is 4.28. The molecule has 0 heterocycles. The van der Waals surface area contributed by atoms with Crippen LogP contribution in [0.25, 0.3) is 0 Å². The molecule has 0 radical (unpaired) electrons. The van der Waals surface area contributed by atoms with Gasteiger partial charge in [0.2, 0.25) is 10.0 Å². The fourth-order valence-corrected chi connectivity index (χ4v) is 3.88. The summed E-state index contributed by atoms with van der Waals surface area (Å²) in [6.45, 7) is 9.02. The Morgan fingerprint density at radius 1 is 1.29 bits per heavy atom. The quantitative estimate of drug-likeness (QED) is 0.721. The summed E-state index contributed by atoms with van der Waals surface area (Å²) in [6, 6.07) is 7.46. The van der Waals surface area contributed by atoms with Crippen LogP contribution < -0.4 is 9.46 Å². The van der Waals surface area contributed by atoms with Gasteiger partial charge >= 0.3 is 0 Å². The van der Waals surface area contributed by atoms with E-state index in [0.717, 1.165) is 24.3 Å². The normalized spacial score (nSPS) is 16.8. The lowest BCUT2D eigenvalue weighted by atomic mass is 9.91. The first-order valence-electron chi connectivity index (χ1n) is 8.87. The number of hydrogen-bond acceptors (Lipinski definition) is 3. The number of benzene rings is 1. The van der Waals surface area contributed by atoms with Crippen molar-refractivity contribution >= 4 is 10.0 Å². The molecule has 1 aromatic carbocycles. The molecule has 0 spiro atoms. The van der Waals surface area contributed by atoms with E-state index >= 15 is 0 Å². The van der Waals surface area contributed by atoms with Crippen LogP contribution in [0, 0.1) is 11.3 Å². The molecule has 4 nitrogen and oxygen atoms in total. The third-order valence-corrected chi connectivity index (χ3v) is 5.78. The standard InChI is InChI=1S/C19H31NO3S/c1-15(20-24(21,22)12-6-11-19(2,3)4)17-7-5-8-18(13-17)23-14-16-9-10-16/h5,7-8,13,15-16,20H,6,9-12,14H2,1-4H3/t15-/m1/s1. The maximum absolute atomic E-state index is 12.3. The Morgan fingerprint density at radius 3 is 2.62 bits per heavy atom. The molecular weight excluding hydrogens is 322 g/mol. The van der Waals surface area contributed by atoms with Gasteiger partial charge in [-0.05, 0) is 61.6 Å². The predicted molar refractivity (Wildman–Crippen MR) is 98.7 cm³/mol. The molecule has 1 atom stereocenters. The summed E-state index contributed by atoms with van der Waals surface area (Å²) in [4.78, 5) is 0. The Hall–Kier alpha value is -1.07. The summed E-state index contributed by atoms with van der Waals surface area (Å²) in [7, 11) is -3.27. The monoisotopic (exact) mass is 353 g/mol. The molecular formula is C19H31NO3S. The largest absolute Gasteiger partial charge is 0.493 e. The van der Waals surface area contributed by atoms with E-state index in [1.807, 2.05) is 31.2 Å². The number of nitrogens with one attached hydrogen (secondary N) is 1. The third kappa shape index (κ3) is 7.22. The molecule has 1 aromatic rings.